The average molecular weight is 871 g/mol. The van der Waals surface area contributed by atoms with E-state index in [1.165, 1.54) is 6.92 Å². The van der Waals surface area contributed by atoms with E-state index in [-0.39, 0.29) is 19.7 Å². The molecule has 24 nitrogen and oxygen atoms in total. The summed E-state index contributed by atoms with van der Waals surface area (Å²) in [5.41, 5.74) is 0. The van der Waals surface area contributed by atoms with Crippen molar-refractivity contribution in [3.8, 4) is 0 Å². The molecule has 61 heavy (non-hydrogen) atoms. The molecule has 3 unspecified atom stereocenters. The van der Waals surface area contributed by atoms with Gasteiger partial charge < -0.3 is 48.5 Å². The monoisotopic (exact) mass is 870 g/mol. The van der Waals surface area contributed by atoms with E-state index >= 15 is 0 Å². The third-order valence-electron chi connectivity index (χ3n) is 8.22. The minimum atomic E-state index is -1.36. The number of aliphatic carboxylic acids is 3. The summed E-state index contributed by atoms with van der Waals surface area (Å²) >= 11 is 0. The van der Waals surface area contributed by atoms with Crippen LogP contribution in [0.25, 0.3) is 0 Å². The summed E-state index contributed by atoms with van der Waals surface area (Å²) in [6, 6.07) is 0. The minimum absolute atomic E-state index is 0.287. The van der Waals surface area contributed by atoms with Crippen LogP contribution in [-0.4, -0.2) is 168 Å². The Balaban J connectivity index is 2.10. The molecule has 0 aliphatic carbocycles. The van der Waals surface area contributed by atoms with E-state index in [1.54, 1.807) is 0 Å². The van der Waals surface area contributed by atoms with Crippen LogP contribution < -0.4 is 0 Å². The van der Waals surface area contributed by atoms with Crippen molar-refractivity contribution in [1.82, 2.24) is 9.80 Å². The lowest BCUT2D eigenvalue weighted by Crippen LogP contribution is -2.36. The van der Waals surface area contributed by atoms with E-state index < -0.39 is 180 Å². The smallest absolute Gasteiger partial charge is 0.307 e. The number of carboxylic acid groups (broad SMARTS) is 3. The molecule has 0 bridgehead atoms. The van der Waals surface area contributed by atoms with Gasteiger partial charge in [-0.25, -0.2) is 0 Å². The molecular weight excluding hydrogens is 824 g/mol. The molecule has 336 valence electrons. The number of hydrogen-bond acceptors (Lipinski definition) is 19. The molecule has 0 saturated heterocycles. The normalized spacial score (nSPS) is 15.2. The van der Waals surface area contributed by atoms with Crippen molar-refractivity contribution in [3.05, 3.63) is 24.3 Å². The Morgan fingerprint density at radius 3 is 1.20 bits per heavy atom. The lowest BCUT2D eigenvalue weighted by atomic mass is 10.1. The van der Waals surface area contributed by atoms with Crippen LogP contribution in [0.15, 0.2) is 24.3 Å². The Bertz CT molecular complexity index is 1680. The number of esters is 5. The molecule has 0 aromatic heterocycles. The highest BCUT2D eigenvalue weighted by Crippen LogP contribution is 2.14. The predicted molar refractivity (Wildman–Crippen MR) is 194 cm³/mol. The summed E-state index contributed by atoms with van der Waals surface area (Å²) in [4.78, 5) is 144. The second-order valence-corrected chi connectivity index (χ2v) is 13.1. The number of carbonyl (C=O) groups excluding carboxylic acids is 9. The highest BCUT2D eigenvalue weighted by molar-refractivity contribution is 6.13. The van der Waals surface area contributed by atoms with Crippen LogP contribution in [-0.2, 0) is 90.7 Å². The van der Waals surface area contributed by atoms with Gasteiger partial charge in [-0.15, -0.1) is 0 Å². The van der Waals surface area contributed by atoms with E-state index in [2.05, 4.69) is 0 Å². The zero-order valence-corrected chi connectivity index (χ0v) is 32.9. The maximum atomic E-state index is 12.5. The lowest BCUT2D eigenvalue weighted by molar-refractivity contribution is -0.169. The number of nitrogens with zero attached hydrogens (tertiary/aromatic N) is 2. The molecule has 0 aromatic rings. The molecule has 2 heterocycles. The number of hydrogen-bond donors (Lipinski definition) is 3. The first kappa shape index (κ1) is 50.6. The molecule has 0 spiro atoms. The van der Waals surface area contributed by atoms with Crippen molar-refractivity contribution in [2.45, 2.75) is 76.6 Å². The van der Waals surface area contributed by atoms with Crippen LogP contribution >= 0.6 is 0 Å². The van der Waals surface area contributed by atoms with Crippen LogP contribution in [0, 0.1) is 5.92 Å². The maximum absolute atomic E-state index is 12.5. The van der Waals surface area contributed by atoms with Gasteiger partial charge in [-0.3, -0.25) is 67.3 Å². The van der Waals surface area contributed by atoms with Crippen LogP contribution in [0.4, 0.5) is 0 Å². The topological polar surface area (TPSA) is 337 Å². The van der Waals surface area contributed by atoms with Crippen LogP contribution in [0.5, 0.6) is 0 Å². The number of amides is 4. The summed E-state index contributed by atoms with van der Waals surface area (Å²) in [6.07, 6.45) is -3.80. The second kappa shape index (κ2) is 26.5. The first-order chi connectivity index (χ1) is 28.8. The van der Waals surface area contributed by atoms with E-state index in [9.17, 15) is 57.5 Å². The van der Waals surface area contributed by atoms with Crippen LogP contribution in [0.1, 0.15) is 58.3 Å². The summed E-state index contributed by atoms with van der Waals surface area (Å²) in [6.45, 7) is -2.23. The van der Waals surface area contributed by atoms with Crippen molar-refractivity contribution < 1.29 is 106 Å². The lowest BCUT2D eigenvalue weighted by Gasteiger charge is -2.25. The van der Waals surface area contributed by atoms with Gasteiger partial charge in [0.05, 0.1) is 90.3 Å². The van der Waals surface area contributed by atoms with Crippen molar-refractivity contribution in [2.75, 3.05) is 52.7 Å². The Kier molecular flexibility index (Phi) is 22.0. The van der Waals surface area contributed by atoms with Crippen LogP contribution in [0.2, 0.25) is 0 Å². The summed E-state index contributed by atoms with van der Waals surface area (Å²) in [5, 5.41) is 26.8. The van der Waals surface area contributed by atoms with Gasteiger partial charge in [0, 0.05) is 37.4 Å². The first-order valence-electron chi connectivity index (χ1n) is 18.6. The molecule has 0 fully saturated rings. The largest absolute Gasteiger partial charge is 0.481 e. The SMILES string of the molecule is C[C@H](OC(=O)CCC(=O)O)C(COCC(COCC(COC(=O)CCN1C(=O)C=CC1=O)OC(=O)CCC(=O)O)OC(=O)CCC(=O)O)COC(=O)CCN1C(=O)C=CC1=O. The van der Waals surface area contributed by atoms with Gasteiger partial charge in [-0.1, -0.05) is 0 Å². The van der Waals surface area contributed by atoms with Gasteiger partial charge in [-0.2, -0.15) is 0 Å². The molecule has 0 aromatic carbocycles. The molecule has 3 N–H and O–H groups in total. The van der Waals surface area contributed by atoms with E-state index in [0.717, 1.165) is 34.1 Å². The molecular formula is C37H46N2O22. The van der Waals surface area contributed by atoms with Crippen molar-refractivity contribution in [1.29, 1.82) is 0 Å². The zero-order chi connectivity index (χ0) is 45.5. The van der Waals surface area contributed by atoms with Gasteiger partial charge in [-0.05, 0) is 6.92 Å². The molecule has 2 aliphatic rings. The summed E-state index contributed by atoms with van der Waals surface area (Å²) < 4.78 is 37.5. The number of carbonyl (C=O) groups is 12. The standard InChI is InChI=1S/C37H46N2O22/c1-22(59-35(52)9-6-30(44)45)23(17-57-33(50)12-14-38-26(40)2-3-27(38)41)16-55-18-24(60-36(53)10-7-31(46)47)19-56-20-25(61-37(54)11-8-32(48)49)21-58-34(51)13-15-39-28(42)4-5-29(39)43/h2-5,22-25H,6-21H2,1H3,(H,44,45)(H,46,47)(H,48,49)/t22-,23?,24?,25?/m0/s1. The van der Waals surface area contributed by atoms with E-state index in [4.69, 9.17) is 48.5 Å². The Morgan fingerprint density at radius 2 is 0.803 bits per heavy atom. The molecule has 4 atom stereocenters. The van der Waals surface area contributed by atoms with Gasteiger partial charge >= 0.3 is 47.8 Å². The number of carboxylic acids is 3. The van der Waals surface area contributed by atoms with E-state index in [1.807, 2.05) is 0 Å². The van der Waals surface area contributed by atoms with Crippen molar-refractivity contribution in [2.24, 2.45) is 5.92 Å². The Labute approximate surface area is 346 Å². The second-order valence-electron chi connectivity index (χ2n) is 13.1. The highest BCUT2D eigenvalue weighted by Gasteiger charge is 2.29. The van der Waals surface area contributed by atoms with E-state index in [0.29, 0.717) is 0 Å². The van der Waals surface area contributed by atoms with Crippen molar-refractivity contribution in [3.63, 3.8) is 0 Å². The molecule has 2 rings (SSSR count). The number of ether oxygens (including phenoxy) is 7. The summed E-state index contributed by atoms with van der Waals surface area (Å²) in [7, 11) is 0. The fourth-order valence-corrected chi connectivity index (χ4v) is 4.95. The van der Waals surface area contributed by atoms with Gasteiger partial charge in [0.2, 0.25) is 0 Å². The fraction of sp³-hybridized carbons (Fsp3) is 0.568. The fourth-order valence-electron chi connectivity index (χ4n) is 4.95. The third kappa shape index (κ3) is 20.8. The quantitative estimate of drug-likeness (QED) is 0.0414. The molecule has 2 aliphatic heterocycles. The Morgan fingerprint density at radius 1 is 0.459 bits per heavy atom. The minimum Gasteiger partial charge on any atom is -0.481 e. The zero-order valence-electron chi connectivity index (χ0n) is 32.9. The molecule has 0 saturated carbocycles. The Hall–Kier alpha value is -6.56. The summed E-state index contributed by atoms with van der Waals surface area (Å²) in [5.74, 6) is -12.0. The average Bonchev–Trinajstić information content (AvgIpc) is 3.69. The number of imide groups is 2. The molecule has 4 amide bonds. The molecule has 0 radical (unpaired) electrons. The maximum Gasteiger partial charge on any atom is 0.307 e. The third-order valence-corrected chi connectivity index (χ3v) is 8.22. The highest BCUT2D eigenvalue weighted by atomic mass is 16.6. The number of rotatable bonds is 31. The van der Waals surface area contributed by atoms with Gasteiger partial charge in [0.15, 0.2) is 6.10 Å². The van der Waals surface area contributed by atoms with Gasteiger partial charge in [0.25, 0.3) is 23.6 Å². The van der Waals surface area contributed by atoms with Crippen molar-refractivity contribution >= 4 is 71.4 Å². The van der Waals surface area contributed by atoms with Gasteiger partial charge in [0.1, 0.15) is 18.8 Å². The first-order valence-corrected chi connectivity index (χ1v) is 18.6. The molecule has 24 heteroatoms. The van der Waals surface area contributed by atoms with Crippen LogP contribution in [0.3, 0.4) is 0 Å². The predicted octanol–water partition coefficient (Wildman–Crippen LogP) is -1.30.